The Balaban J connectivity index is 3.69. The molecule has 4 nitrogen and oxygen atoms in total. The van der Waals surface area contributed by atoms with E-state index in [0.717, 1.165) is 38.5 Å². The lowest BCUT2D eigenvalue weighted by Gasteiger charge is -2.06. The van der Waals surface area contributed by atoms with Gasteiger partial charge < -0.3 is 0 Å². The predicted octanol–water partition coefficient (Wildman–Crippen LogP) is 5.27. The molecule has 0 unspecified atom stereocenters. The van der Waals surface area contributed by atoms with E-state index in [0.29, 0.717) is 11.5 Å². The Labute approximate surface area is 173 Å². The Morgan fingerprint density at radius 1 is 0.481 bits per heavy atom. The molecular formula is C20H42O4S3. The van der Waals surface area contributed by atoms with E-state index in [2.05, 4.69) is 13.8 Å². The number of hydrogen-bond donors (Lipinski definition) is 0. The van der Waals surface area contributed by atoms with Crippen LogP contribution in [0, 0.1) is 0 Å². The lowest BCUT2D eigenvalue weighted by atomic mass is 10.1. The fraction of sp³-hybridized carbons (Fsp3) is 1.00. The largest absolute Gasteiger partial charge is 0.229 e. The normalized spacial score (nSPS) is 12.5. The third kappa shape index (κ3) is 19.3. The molecule has 0 aromatic carbocycles. The van der Waals surface area contributed by atoms with Crippen molar-refractivity contribution in [2.45, 2.75) is 90.9 Å². The van der Waals surface area contributed by atoms with Crippen LogP contribution < -0.4 is 0 Å². The molecule has 0 aliphatic heterocycles. The summed E-state index contributed by atoms with van der Waals surface area (Å²) in [6.45, 7) is 4.34. The lowest BCUT2D eigenvalue weighted by molar-refractivity contribution is 0.584. The summed E-state index contributed by atoms with van der Waals surface area (Å²) in [5.74, 6) is 1.90. The van der Waals surface area contributed by atoms with Crippen LogP contribution in [0.2, 0.25) is 0 Å². The number of sulfone groups is 2. The first-order valence-corrected chi connectivity index (χ1v) is 15.6. The first-order valence-electron chi connectivity index (χ1n) is 10.8. The van der Waals surface area contributed by atoms with E-state index >= 15 is 0 Å². The molecular weight excluding hydrogens is 400 g/mol. The van der Waals surface area contributed by atoms with E-state index < -0.39 is 19.7 Å². The van der Waals surface area contributed by atoms with Crippen molar-refractivity contribution >= 4 is 31.4 Å². The summed E-state index contributed by atoms with van der Waals surface area (Å²) in [4.78, 5) is 0. The van der Waals surface area contributed by atoms with Gasteiger partial charge in [-0.1, -0.05) is 78.1 Å². The maximum absolute atomic E-state index is 12.0. The molecule has 0 atom stereocenters. The average molecular weight is 443 g/mol. The third-order valence-corrected chi connectivity index (χ3v) is 9.67. The van der Waals surface area contributed by atoms with Crippen molar-refractivity contribution in [2.24, 2.45) is 0 Å². The maximum Gasteiger partial charge on any atom is 0.151 e. The molecule has 0 rings (SSSR count). The second-order valence-electron chi connectivity index (χ2n) is 7.45. The SMILES string of the molecule is CCCCCCCCS(=O)(=O)CCSCCS(=O)(=O)CCCCCCCC. The summed E-state index contributed by atoms with van der Waals surface area (Å²) in [6, 6.07) is 0. The van der Waals surface area contributed by atoms with E-state index in [4.69, 9.17) is 0 Å². The molecule has 164 valence electrons. The highest BCUT2D eigenvalue weighted by Gasteiger charge is 2.13. The molecule has 0 aliphatic carbocycles. The van der Waals surface area contributed by atoms with Gasteiger partial charge in [0.05, 0.1) is 23.0 Å². The lowest BCUT2D eigenvalue weighted by Crippen LogP contribution is -2.15. The van der Waals surface area contributed by atoms with Gasteiger partial charge in [-0.3, -0.25) is 0 Å². The first-order chi connectivity index (χ1) is 12.8. The van der Waals surface area contributed by atoms with Gasteiger partial charge in [-0.15, -0.1) is 0 Å². The number of hydrogen-bond acceptors (Lipinski definition) is 5. The van der Waals surface area contributed by atoms with Gasteiger partial charge in [0.2, 0.25) is 0 Å². The van der Waals surface area contributed by atoms with Crippen LogP contribution in [-0.4, -0.2) is 51.4 Å². The van der Waals surface area contributed by atoms with Crippen molar-refractivity contribution in [2.75, 3.05) is 34.5 Å². The van der Waals surface area contributed by atoms with E-state index in [9.17, 15) is 16.8 Å². The van der Waals surface area contributed by atoms with Crippen molar-refractivity contribution in [3.05, 3.63) is 0 Å². The number of unbranched alkanes of at least 4 members (excludes halogenated alkanes) is 10. The smallest absolute Gasteiger partial charge is 0.151 e. The highest BCUT2D eigenvalue weighted by molar-refractivity contribution is 8.01. The molecule has 0 fully saturated rings. The Morgan fingerprint density at radius 2 is 0.815 bits per heavy atom. The molecule has 0 aliphatic rings. The Bertz CT molecular complexity index is 479. The molecule has 0 saturated carbocycles. The van der Waals surface area contributed by atoms with Gasteiger partial charge in [-0.25, -0.2) is 16.8 Å². The summed E-state index contributed by atoms with van der Waals surface area (Å²) in [7, 11) is -5.97. The van der Waals surface area contributed by atoms with Crippen molar-refractivity contribution in [3.8, 4) is 0 Å². The van der Waals surface area contributed by atoms with Gasteiger partial charge in [0, 0.05) is 11.5 Å². The van der Waals surface area contributed by atoms with Crippen LogP contribution in [-0.2, 0) is 19.7 Å². The van der Waals surface area contributed by atoms with Crippen molar-refractivity contribution in [3.63, 3.8) is 0 Å². The number of thioether (sulfide) groups is 1. The molecule has 0 N–H and O–H groups in total. The fourth-order valence-electron chi connectivity index (χ4n) is 2.88. The van der Waals surface area contributed by atoms with Crippen molar-refractivity contribution < 1.29 is 16.8 Å². The third-order valence-electron chi connectivity index (χ3n) is 4.70. The van der Waals surface area contributed by atoms with Gasteiger partial charge in [0.25, 0.3) is 0 Å². The van der Waals surface area contributed by atoms with Crippen LogP contribution in [0.15, 0.2) is 0 Å². The van der Waals surface area contributed by atoms with Gasteiger partial charge in [-0.05, 0) is 12.8 Å². The molecule has 0 bridgehead atoms. The van der Waals surface area contributed by atoms with Gasteiger partial charge in [-0.2, -0.15) is 11.8 Å². The van der Waals surface area contributed by atoms with Gasteiger partial charge in [0.1, 0.15) is 0 Å². The van der Waals surface area contributed by atoms with Crippen LogP contribution in [0.3, 0.4) is 0 Å². The molecule has 0 heterocycles. The summed E-state index contributed by atoms with van der Waals surface area (Å²) < 4.78 is 48.0. The zero-order valence-electron chi connectivity index (χ0n) is 17.6. The van der Waals surface area contributed by atoms with Crippen LogP contribution in [0.1, 0.15) is 90.9 Å². The van der Waals surface area contributed by atoms with Crippen LogP contribution in [0.25, 0.3) is 0 Å². The Hall–Kier alpha value is 0.250. The molecule has 27 heavy (non-hydrogen) atoms. The molecule has 0 aromatic heterocycles. The Morgan fingerprint density at radius 3 is 1.19 bits per heavy atom. The monoisotopic (exact) mass is 442 g/mol. The van der Waals surface area contributed by atoms with E-state index in [-0.39, 0.29) is 23.0 Å². The average Bonchev–Trinajstić information content (AvgIpc) is 2.60. The summed E-state index contributed by atoms with van der Waals surface area (Å²) in [6.07, 6.45) is 13.0. The zero-order chi connectivity index (χ0) is 20.4. The summed E-state index contributed by atoms with van der Waals surface area (Å²) >= 11 is 1.45. The van der Waals surface area contributed by atoms with Crippen LogP contribution in [0.4, 0.5) is 0 Å². The minimum atomic E-state index is -2.99. The van der Waals surface area contributed by atoms with Crippen molar-refractivity contribution in [1.29, 1.82) is 0 Å². The van der Waals surface area contributed by atoms with E-state index in [1.807, 2.05) is 0 Å². The van der Waals surface area contributed by atoms with Crippen molar-refractivity contribution in [1.82, 2.24) is 0 Å². The Kier molecular flexibility index (Phi) is 17.3. The predicted molar refractivity (Wildman–Crippen MR) is 121 cm³/mol. The minimum Gasteiger partial charge on any atom is -0.229 e. The molecule has 7 heteroatoms. The van der Waals surface area contributed by atoms with E-state index in [1.54, 1.807) is 0 Å². The zero-order valence-corrected chi connectivity index (χ0v) is 20.0. The molecule has 0 radical (unpaired) electrons. The second-order valence-corrected chi connectivity index (χ2v) is 13.3. The minimum absolute atomic E-state index is 0.171. The van der Waals surface area contributed by atoms with E-state index in [1.165, 1.54) is 50.3 Å². The number of rotatable bonds is 20. The summed E-state index contributed by atoms with van der Waals surface area (Å²) in [5, 5.41) is 0. The van der Waals surface area contributed by atoms with Gasteiger partial charge in [0.15, 0.2) is 19.7 Å². The second kappa shape index (κ2) is 17.1. The maximum atomic E-state index is 12.0. The first kappa shape index (κ1) is 27.2. The van der Waals surface area contributed by atoms with Gasteiger partial charge >= 0.3 is 0 Å². The highest BCUT2D eigenvalue weighted by atomic mass is 32.2. The molecule has 0 saturated heterocycles. The topological polar surface area (TPSA) is 68.3 Å². The summed E-state index contributed by atoms with van der Waals surface area (Å²) in [5.41, 5.74) is 0. The molecule has 0 spiro atoms. The van der Waals surface area contributed by atoms with Crippen LogP contribution >= 0.6 is 11.8 Å². The molecule has 0 aromatic rings. The highest BCUT2D eigenvalue weighted by Crippen LogP contribution is 2.10. The fourth-order valence-corrected chi connectivity index (χ4v) is 7.76. The standard InChI is InChI=1S/C20H42O4S3/c1-3-5-7-9-11-13-17-26(21,22)19-15-25-16-20-27(23,24)18-14-12-10-8-6-4-2/h3-20H2,1-2H3. The van der Waals surface area contributed by atoms with Crippen LogP contribution in [0.5, 0.6) is 0 Å². The quantitative estimate of drug-likeness (QED) is 0.240. The molecule has 0 amide bonds.